The Kier molecular flexibility index (Phi) is 11.0. The molecule has 0 aliphatic carbocycles. The van der Waals surface area contributed by atoms with E-state index in [9.17, 15) is 4.21 Å². The molecular formula is C21H31IN4OS2. The monoisotopic (exact) mass is 546 g/mol. The van der Waals surface area contributed by atoms with Crippen molar-refractivity contribution in [3.8, 4) is 0 Å². The number of nitrogens with zero attached hydrogens (tertiary/aromatic N) is 2. The van der Waals surface area contributed by atoms with E-state index >= 15 is 0 Å². The first-order valence-electron chi connectivity index (χ1n) is 9.97. The minimum Gasteiger partial charge on any atom is -0.363 e. The third-order valence-corrected chi connectivity index (χ3v) is 6.98. The number of hydrogen-bond donors (Lipinski definition) is 2. The third-order valence-electron chi connectivity index (χ3n) is 4.76. The summed E-state index contributed by atoms with van der Waals surface area (Å²) >= 11 is 1.81. The van der Waals surface area contributed by atoms with Crippen LogP contribution in [0.15, 0.2) is 52.8 Å². The first-order valence-corrected chi connectivity index (χ1v) is 12.3. The van der Waals surface area contributed by atoms with Crippen LogP contribution in [0.4, 0.5) is 5.00 Å². The molecule has 1 aromatic heterocycles. The van der Waals surface area contributed by atoms with Crippen molar-refractivity contribution in [3.05, 3.63) is 53.4 Å². The van der Waals surface area contributed by atoms with E-state index in [0.29, 0.717) is 24.1 Å². The summed E-state index contributed by atoms with van der Waals surface area (Å²) in [5.41, 5.74) is 1.12. The number of thiophene rings is 1. The molecule has 160 valence electrons. The fraction of sp³-hybridized carbons (Fsp3) is 0.476. The average Bonchev–Trinajstić information content (AvgIpc) is 3.24. The molecule has 8 heteroatoms. The van der Waals surface area contributed by atoms with Crippen molar-refractivity contribution >= 4 is 57.1 Å². The Bertz CT molecular complexity index is 747. The third kappa shape index (κ3) is 8.25. The van der Waals surface area contributed by atoms with Crippen LogP contribution in [-0.4, -0.2) is 48.1 Å². The molecule has 0 amide bonds. The number of anilines is 1. The van der Waals surface area contributed by atoms with Gasteiger partial charge < -0.3 is 15.5 Å². The normalized spacial score (nSPS) is 16.2. The van der Waals surface area contributed by atoms with E-state index in [0.717, 1.165) is 44.0 Å². The van der Waals surface area contributed by atoms with Gasteiger partial charge in [-0.25, -0.2) is 0 Å². The summed E-state index contributed by atoms with van der Waals surface area (Å²) < 4.78 is 12.3. The average molecular weight is 547 g/mol. The van der Waals surface area contributed by atoms with Gasteiger partial charge in [-0.1, -0.05) is 30.3 Å². The van der Waals surface area contributed by atoms with Crippen LogP contribution in [0.5, 0.6) is 0 Å². The highest BCUT2D eigenvalue weighted by Crippen LogP contribution is 2.24. The Morgan fingerprint density at radius 2 is 1.97 bits per heavy atom. The highest BCUT2D eigenvalue weighted by molar-refractivity contribution is 14.0. The van der Waals surface area contributed by atoms with Crippen molar-refractivity contribution in [1.29, 1.82) is 0 Å². The van der Waals surface area contributed by atoms with Gasteiger partial charge in [0.15, 0.2) is 5.96 Å². The van der Waals surface area contributed by atoms with E-state index in [1.54, 1.807) is 0 Å². The molecule has 3 rings (SSSR count). The number of nitrogens with one attached hydrogen (secondary N) is 2. The predicted octanol–water partition coefficient (Wildman–Crippen LogP) is 3.84. The van der Waals surface area contributed by atoms with E-state index in [4.69, 9.17) is 0 Å². The second-order valence-electron chi connectivity index (χ2n) is 6.89. The molecular weight excluding hydrogens is 515 g/mol. The van der Waals surface area contributed by atoms with Gasteiger partial charge in [0.05, 0.1) is 11.5 Å². The first kappa shape index (κ1) is 24.1. The van der Waals surface area contributed by atoms with Gasteiger partial charge in [-0.3, -0.25) is 9.20 Å². The molecule has 29 heavy (non-hydrogen) atoms. The number of halogens is 1. The predicted molar refractivity (Wildman–Crippen MR) is 137 cm³/mol. The quantitative estimate of drug-likeness (QED) is 0.300. The number of hydrogen-bond acceptors (Lipinski definition) is 4. The minimum atomic E-state index is -0.888. The number of aliphatic imine (C=N–C) groups is 1. The second-order valence-corrected chi connectivity index (χ2v) is 9.39. The molecule has 0 saturated carbocycles. The number of guanidine groups is 1. The molecule has 0 radical (unpaired) electrons. The van der Waals surface area contributed by atoms with Gasteiger partial charge in [-0.2, -0.15) is 0 Å². The molecule has 0 bridgehead atoms. The maximum absolute atomic E-state index is 12.3. The zero-order valence-electron chi connectivity index (χ0n) is 16.9. The van der Waals surface area contributed by atoms with Crippen LogP contribution in [0.2, 0.25) is 0 Å². The van der Waals surface area contributed by atoms with Crippen LogP contribution in [0.25, 0.3) is 0 Å². The Morgan fingerprint density at radius 3 is 2.62 bits per heavy atom. The Labute approximate surface area is 197 Å². The lowest BCUT2D eigenvalue weighted by molar-refractivity contribution is 0.463. The van der Waals surface area contributed by atoms with E-state index in [2.05, 4.69) is 45.0 Å². The molecule has 1 aliphatic heterocycles. The lowest BCUT2D eigenvalue weighted by Gasteiger charge is -2.33. The molecule has 1 atom stereocenters. The van der Waals surface area contributed by atoms with Gasteiger partial charge in [0.1, 0.15) is 0 Å². The summed E-state index contributed by atoms with van der Waals surface area (Å²) in [4.78, 5) is 7.11. The van der Waals surface area contributed by atoms with Gasteiger partial charge in [0.2, 0.25) is 0 Å². The Balaban J connectivity index is 0.00000300. The van der Waals surface area contributed by atoms with Crippen molar-refractivity contribution in [3.63, 3.8) is 0 Å². The van der Waals surface area contributed by atoms with Crippen molar-refractivity contribution in [2.24, 2.45) is 4.99 Å². The smallest absolute Gasteiger partial charge is 0.191 e. The number of benzene rings is 1. The van der Waals surface area contributed by atoms with E-state index < -0.39 is 10.8 Å². The number of rotatable bonds is 8. The topological polar surface area (TPSA) is 56.7 Å². The first-order chi connectivity index (χ1) is 13.7. The molecule has 2 heterocycles. The van der Waals surface area contributed by atoms with Crippen LogP contribution in [0.3, 0.4) is 0 Å². The molecule has 0 spiro atoms. The van der Waals surface area contributed by atoms with Gasteiger partial charge in [0, 0.05) is 48.0 Å². The van der Waals surface area contributed by atoms with Crippen molar-refractivity contribution in [1.82, 2.24) is 10.6 Å². The molecule has 1 aromatic carbocycles. The SMILES string of the molecule is CCNC(=NCCS(=O)Cc1ccccc1)NC1CCN(c2cccs2)CC1.I. The summed E-state index contributed by atoms with van der Waals surface area (Å²) in [5.74, 6) is 2.03. The molecule has 1 aliphatic rings. The lowest BCUT2D eigenvalue weighted by atomic mass is 10.1. The van der Waals surface area contributed by atoms with E-state index in [-0.39, 0.29) is 24.0 Å². The minimum absolute atomic E-state index is 0. The summed E-state index contributed by atoms with van der Waals surface area (Å²) in [6.07, 6.45) is 2.20. The van der Waals surface area contributed by atoms with Gasteiger partial charge in [0.25, 0.3) is 0 Å². The standard InChI is InChI=1S/C21H30N4OS2.HI/c1-2-22-21(23-12-16-28(26)17-18-7-4-3-5-8-18)24-19-10-13-25(14-11-19)20-9-6-15-27-20;/h3-9,15,19H,2,10-14,16-17H2,1H3,(H2,22,23,24);1H. The van der Waals surface area contributed by atoms with E-state index in [1.165, 1.54) is 5.00 Å². The van der Waals surface area contributed by atoms with Crippen molar-refractivity contribution in [2.75, 3.05) is 36.8 Å². The molecule has 2 aromatic rings. The molecule has 5 nitrogen and oxygen atoms in total. The summed E-state index contributed by atoms with van der Waals surface area (Å²) in [5, 5.41) is 10.4. The van der Waals surface area contributed by atoms with Crippen molar-refractivity contribution < 1.29 is 4.21 Å². The summed E-state index contributed by atoms with van der Waals surface area (Å²) in [6.45, 7) is 5.61. The maximum atomic E-state index is 12.3. The second kappa shape index (κ2) is 13.2. The molecule has 1 unspecified atom stereocenters. The number of piperidine rings is 1. The van der Waals surface area contributed by atoms with Crippen LogP contribution >= 0.6 is 35.3 Å². The molecule has 2 N–H and O–H groups in total. The molecule has 1 saturated heterocycles. The van der Waals surface area contributed by atoms with Crippen molar-refractivity contribution in [2.45, 2.75) is 31.6 Å². The van der Waals surface area contributed by atoms with Crippen LogP contribution < -0.4 is 15.5 Å². The molecule has 1 fully saturated rings. The van der Waals surface area contributed by atoms with E-state index in [1.807, 2.05) is 41.7 Å². The fourth-order valence-corrected chi connectivity index (χ4v) is 5.09. The maximum Gasteiger partial charge on any atom is 0.191 e. The zero-order chi connectivity index (χ0) is 19.6. The zero-order valence-corrected chi connectivity index (χ0v) is 20.8. The lowest BCUT2D eigenvalue weighted by Crippen LogP contribution is -2.48. The fourth-order valence-electron chi connectivity index (χ4n) is 3.30. The van der Waals surface area contributed by atoms with Crippen LogP contribution in [0.1, 0.15) is 25.3 Å². The summed E-state index contributed by atoms with van der Waals surface area (Å²) in [6, 6.07) is 14.7. The Hall–Kier alpha value is -1.13. The van der Waals surface area contributed by atoms with Crippen LogP contribution in [0, 0.1) is 0 Å². The highest BCUT2D eigenvalue weighted by Gasteiger charge is 2.20. The Morgan fingerprint density at radius 1 is 1.21 bits per heavy atom. The largest absolute Gasteiger partial charge is 0.363 e. The highest BCUT2D eigenvalue weighted by atomic mass is 127. The summed E-state index contributed by atoms with van der Waals surface area (Å²) in [7, 11) is -0.888. The van der Waals surface area contributed by atoms with Gasteiger partial charge in [-0.05, 0) is 42.8 Å². The van der Waals surface area contributed by atoms with Gasteiger partial charge in [-0.15, -0.1) is 35.3 Å². The van der Waals surface area contributed by atoms with Gasteiger partial charge >= 0.3 is 0 Å². The van der Waals surface area contributed by atoms with Crippen LogP contribution in [-0.2, 0) is 16.6 Å².